The highest BCUT2D eigenvalue weighted by Gasteiger charge is 2.43. The van der Waals surface area contributed by atoms with Gasteiger partial charge in [0.15, 0.2) is 6.29 Å². The normalized spacial score (nSPS) is 43.0. The van der Waals surface area contributed by atoms with Gasteiger partial charge in [-0.2, -0.15) is 0 Å². The SMILES string of the molecule is [N-]=[N+]=NC1C(O)C(O)O[C@H](CO)C1O. The second-order valence-electron chi connectivity index (χ2n) is 2.92. The summed E-state index contributed by atoms with van der Waals surface area (Å²) in [5.74, 6) is 0. The molecule has 0 spiro atoms. The monoisotopic (exact) mass is 205 g/mol. The molecule has 0 amide bonds. The molecule has 8 nitrogen and oxygen atoms in total. The predicted molar refractivity (Wildman–Crippen MR) is 42.9 cm³/mol. The average Bonchev–Trinajstić information content (AvgIpc) is 2.18. The van der Waals surface area contributed by atoms with Crippen LogP contribution in [0.5, 0.6) is 0 Å². The molecule has 1 rings (SSSR count). The van der Waals surface area contributed by atoms with E-state index < -0.39 is 37.3 Å². The van der Waals surface area contributed by atoms with E-state index in [9.17, 15) is 10.2 Å². The van der Waals surface area contributed by atoms with Crippen LogP contribution in [0.4, 0.5) is 0 Å². The Labute approximate surface area is 79.0 Å². The summed E-state index contributed by atoms with van der Waals surface area (Å²) >= 11 is 0. The third-order valence-corrected chi connectivity index (χ3v) is 2.05. The molecule has 0 aromatic carbocycles. The molecule has 0 aliphatic carbocycles. The number of azide groups is 1. The summed E-state index contributed by atoms with van der Waals surface area (Å²) in [6.45, 7) is -0.539. The van der Waals surface area contributed by atoms with Gasteiger partial charge in [0.05, 0.1) is 18.8 Å². The topological polar surface area (TPSA) is 139 Å². The summed E-state index contributed by atoms with van der Waals surface area (Å²) in [6, 6.07) is -1.22. The number of nitrogens with zero attached hydrogens (tertiary/aromatic N) is 3. The first-order chi connectivity index (χ1) is 6.61. The van der Waals surface area contributed by atoms with Crippen LogP contribution in [0.25, 0.3) is 10.4 Å². The van der Waals surface area contributed by atoms with Crippen LogP contribution in [0.2, 0.25) is 0 Å². The van der Waals surface area contributed by atoms with E-state index >= 15 is 0 Å². The van der Waals surface area contributed by atoms with Crippen LogP contribution in [0.1, 0.15) is 0 Å². The molecule has 1 aliphatic rings. The quantitative estimate of drug-likeness (QED) is 0.237. The molecule has 8 heteroatoms. The van der Waals surface area contributed by atoms with Gasteiger partial charge in [-0.3, -0.25) is 0 Å². The Morgan fingerprint density at radius 3 is 2.43 bits per heavy atom. The molecular weight excluding hydrogens is 194 g/mol. The van der Waals surface area contributed by atoms with Crippen molar-refractivity contribution in [3.8, 4) is 0 Å². The fourth-order valence-corrected chi connectivity index (χ4v) is 1.28. The molecule has 1 heterocycles. The van der Waals surface area contributed by atoms with E-state index in [1.54, 1.807) is 0 Å². The van der Waals surface area contributed by atoms with Gasteiger partial charge in [-0.25, -0.2) is 0 Å². The lowest BCUT2D eigenvalue weighted by molar-refractivity contribution is -0.258. The maximum absolute atomic E-state index is 9.43. The number of ether oxygens (including phenoxy) is 1. The lowest BCUT2D eigenvalue weighted by Crippen LogP contribution is -2.57. The maximum atomic E-state index is 9.43. The van der Waals surface area contributed by atoms with E-state index in [0.717, 1.165) is 0 Å². The molecule has 0 aromatic rings. The summed E-state index contributed by atoms with van der Waals surface area (Å²) in [4.78, 5) is 2.42. The fraction of sp³-hybridized carbons (Fsp3) is 1.00. The molecule has 4 N–H and O–H groups in total. The molecule has 0 aromatic heterocycles. The van der Waals surface area contributed by atoms with Gasteiger partial charge in [0.2, 0.25) is 0 Å². The Kier molecular flexibility index (Phi) is 3.64. The summed E-state index contributed by atoms with van der Waals surface area (Å²) in [6.07, 6.45) is -5.48. The van der Waals surface area contributed by atoms with Crippen molar-refractivity contribution in [1.29, 1.82) is 0 Å². The number of hydrogen-bond donors (Lipinski definition) is 4. The molecule has 0 radical (unpaired) electrons. The third kappa shape index (κ3) is 1.95. The van der Waals surface area contributed by atoms with Gasteiger partial charge in [0.1, 0.15) is 12.2 Å². The van der Waals surface area contributed by atoms with Crippen LogP contribution < -0.4 is 0 Å². The molecule has 1 saturated heterocycles. The minimum absolute atomic E-state index is 0.539. The maximum Gasteiger partial charge on any atom is 0.181 e. The van der Waals surface area contributed by atoms with Crippen LogP contribution >= 0.6 is 0 Å². The van der Waals surface area contributed by atoms with Crippen molar-refractivity contribution in [2.45, 2.75) is 30.6 Å². The van der Waals surface area contributed by atoms with E-state index in [-0.39, 0.29) is 0 Å². The Bertz CT molecular complexity index is 244. The zero-order chi connectivity index (χ0) is 10.7. The van der Waals surface area contributed by atoms with Crippen molar-refractivity contribution in [3.05, 3.63) is 10.4 Å². The number of aliphatic hydroxyl groups excluding tert-OH is 4. The molecule has 0 saturated carbocycles. The van der Waals surface area contributed by atoms with Crippen molar-refractivity contribution in [3.63, 3.8) is 0 Å². The first kappa shape index (κ1) is 11.2. The van der Waals surface area contributed by atoms with Gasteiger partial charge in [-0.1, -0.05) is 5.11 Å². The number of hydrogen-bond acceptors (Lipinski definition) is 6. The van der Waals surface area contributed by atoms with Crippen molar-refractivity contribution in [2.75, 3.05) is 6.61 Å². The van der Waals surface area contributed by atoms with E-state index in [1.165, 1.54) is 0 Å². The molecule has 14 heavy (non-hydrogen) atoms. The zero-order valence-electron chi connectivity index (χ0n) is 7.13. The summed E-state index contributed by atoms with van der Waals surface area (Å²) < 4.78 is 4.66. The molecule has 1 aliphatic heterocycles. The molecule has 80 valence electrons. The van der Waals surface area contributed by atoms with Gasteiger partial charge in [-0.15, -0.1) is 0 Å². The van der Waals surface area contributed by atoms with Gasteiger partial charge in [0, 0.05) is 4.91 Å². The van der Waals surface area contributed by atoms with E-state index in [2.05, 4.69) is 14.8 Å². The Morgan fingerprint density at radius 1 is 1.29 bits per heavy atom. The van der Waals surface area contributed by atoms with E-state index in [0.29, 0.717) is 0 Å². The number of aliphatic hydroxyl groups is 4. The first-order valence-corrected chi connectivity index (χ1v) is 3.96. The minimum atomic E-state index is -1.58. The fourth-order valence-electron chi connectivity index (χ4n) is 1.28. The van der Waals surface area contributed by atoms with Crippen LogP contribution in [0.3, 0.4) is 0 Å². The van der Waals surface area contributed by atoms with Crippen molar-refractivity contribution in [2.24, 2.45) is 5.11 Å². The summed E-state index contributed by atoms with van der Waals surface area (Å²) in [5, 5.41) is 39.7. The molecule has 4 unspecified atom stereocenters. The number of rotatable bonds is 2. The highest BCUT2D eigenvalue weighted by Crippen LogP contribution is 2.22. The van der Waals surface area contributed by atoms with Gasteiger partial charge < -0.3 is 25.2 Å². The van der Waals surface area contributed by atoms with Crippen LogP contribution in [-0.2, 0) is 4.74 Å². The zero-order valence-corrected chi connectivity index (χ0v) is 7.13. The lowest BCUT2D eigenvalue weighted by atomic mass is 9.97. The summed E-state index contributed by atoms with van der Waals surface area (Å²) in [7, 11) is 0. The average molecular weight is 205 g/mol. The van der Waals surface area contributed by atoms with Crippen LogP contribution in [-0.4, -0.2) is 57.7 Å². The molecule has 0 bridgehead atoms. The lowest BCUT2D eigenvalue weighted by Gasteiger charge is -2.37. The Hall–Kier alpha value is -0.890. The smallest absolute Gasteiger partial charge is 0.181 e. The predicted octanol–water partition coefficient (Wildman–Crippen LogP) is -1.90. The van der Waals surface area contributed by atoms with Crippen molar-refractivity contribution in [1.82, 2.24) is 0 Å². The highest BCUT2D eigenvalue weighted by atomic mass is 16.6. The molecule has 1 fully saturated rings. The van der Waals surface area contributed by atoms with Gasteiger partial charge in [0.25, 0.3) is 0 Å². The van der Waals surface area contributed by atoms with E-state index in [1.807, 2.05) is 0 Å². The second kappa shape index (κ2) is 4.56. The van der Waals surface area contributed by atoms with Gasteiger partial charge >= 0.3 is 0 Å². The molecule has 5 atom stereocenters. The largest absolute Gasteiger partial charge is 0.394 e. The second-order valence-corrected chi connectivity index (χ2v) is 2.92. The first-order valence-electron chi connectivity index (χ1n) is 3.96. The highest BCUT2D eigenvalue weighted by molar-refractivity contribution is 4.93. The van der Waals surface area contributed by atoms with Crippen LogP contribution in [0.15, 0.2) is 5.11 Å². The van der Waals surface area contributed by atoms with E-state index in [4.69, 9.17) is 15.7 Å². The van der Waals surface area contributed by atoms with Crippen LogP contribution in [0, 0.1) is 0 Å². The minimum Gasteiger partial charge on any atom is -0.394 e. The Balaban J connectivity index is 2.82. The van der Waals surface area contributed by atoms with Crippen molar-refractivity contribution < 1.29 is 25.2 Å². The summed E-state index contributed by atoms with van der Waals surface area (Å²) in [5.41, 5.74) is 8.15. The van der Waals surface area contributed by atoms with Gasteiger partial charge in [-0.05, 0) is 5.53 Å². The Morgan fingerprint density at radius 2 is 1.93 bits per heavy atom. The standard InChI is InChI=1S/C6H11N3O5/c7-9-8-3-4(11)2(1-10)14-6(13)5(3)12/h2-6,10-13H,1H2/t2-,3?,4?,5?,6?/m1/s1. The third-order valence-electron chi connectivity index (χ3n) is 2.05. The molecular formula is C6H11N3O5. The van der Waals surface area contributed by atoms with Crippen molar-refractivity contribution >= 4 is 0 Å².